The Balaban J connectivity index is 0.000000239. The minimum absolute atomic E-state index is 0.00540. The lowest BCUT2D eigenvalue weighted by Gasteiger charge is -2.15. The van der Waals surface area contributed by atoms with Crippen LogP contribution in [0, 0.1) is 20.2 Å². The highest BCUT2D eigenvalue weighted by molar-refractivity contribution is 6.03. The number of hydrogen-bond donors (Lipinski definition) is 0. The average molecular weight is 883 g/mol. The van der Waals surface area contributed by atoms with Gasteiger partial charge >= 0.3 is 11.9 Å². The molecule has 2 fully saturated rings. The number of amides is 4. The number of rotatable bonds is 17. The van der Waals surface area contributed by atoms with E-state index >= 15 is 0 Å². The lowest BCUT2D eigenvalue weighted by Crippen LogP contribution is -2.32. The number of carbonyl (C=O) groups is 6. The van der Waals surface area contributed by atoms with Gasteiger partial charge in [-0.3, -0.25) is 39.4 Å². The highest BCUT2D eigenvalue weighted by Crippen LogP contribution is 2.33. The van der Waals surface area contributed by atoms with Crippen molar-refractivity contribution < 1.29 is 75.3 Å². The van der Waals surface area contributed by atoms with Crippen LogP contribution in [0.4, 0.5) is 28.9 Å². The predicted octanol–water partition coefficient (Wildman–Crippen LogP) is 7.37. The Morgan fingerprint density at radius 2 is 1.06 bits per heavy atom. The molecule has 0 aliphatic carbocycles. The van der Waals surface area contributed by atoms with Gasteiger partial charge in [-0.2, -0.15) is 0 Å². The summed E-state index contributed by atoms with van der Waals surface area (Å²) in [5, 5.41) is 22.9. The summed E-state index contributed by atoms with van der Waals surface area (Å²) < 4.78 is 64.8. The number of carbonyl (C=O) groups excluding carboxylic acids is 6. The number of imide groups is 2. The molecule has 4 amide bonds. The molecule has 18 nitrogen and oxygen atoms in total. The van der Waals surface area contributed by atoms with Gasteiger partial charge in [0.15, 0.2) is 0 Å². The van der Waals surface area contributed by atoms with Crippen molar-refractivity contribution >= 4 is 46.9 Å². The summed E-state index contributed by atoms with van der Waals surface area (Å²) in [6.45, 7) is -0.604. The summed E-state index contributed by atoms with van der Waals surface area (Å²) in [6.07, 6.45) is -5.70. The number of benzene rings is 4. The summed E-state index contributed by atoms with van der Waals surface area (Å²) >= 11 is 0. The number of nitrogens with zero attached hydrogens (tertiary/aromatic N) is 4. The van der Waals surface area contributed by atoms with Gasteiger partial charge in [-0.1, -0.05) is 30.3 Å². The van der Waals surface area contributed by atoms with Crippen LogP contribution in [0.3, 0.4) is 0 Å². The second-order valence-electron chi connectivity index (χ2n) is 13.4. The van der Waals surface area contributed by atoms with Crippen molar-refractivity contribution in [3.8, 4) is 11.5 Å². The number of hydroxylamine groups is 4. The summed E-state index contributed by atoms with van der Waals surface area (Å²) in [5.41, 5.74) is -0.796. The molecule has 2 aliphatic rings. The summed E-state index contributed by atoms with van der Waals surface area (Å²) in [6, 6.07) is 18.7. The van der Waals surface area contributed by atoms with Crippen molar-refractivity contribution in [2.24, 2.45) is 0 Å². The normalized spacial score (nSPS) is 13.6. The van der Waals surface area contributed by atoms with Crippen molar-refractivity contribution in [1.29, 1.82) is 0 Å². The minimum atomic E-state index is -3.03. The Kier molecular flexibility index (Phi) is 15.5. The van der Waals surface area contributed by atoms with E-state index in [1.54, 1.807) is 18.2 Å². The van der Waals surface area contributed by atoms with Crippen LogP contribution in [0.1, 0.15) is 89.6 Å². The standard InChI is InChI=1S/C22H20F2N2O7.C19H14F2N2O7/c23-22(24)16-12-14(4-3-7-21(29)33-25-19(27)10-11-20(25)28)8-9-18(16)32-13-15-5-1-2-6-17(15)26(30)31;20-18(21)13-9-11(19(26)30-22-16(24)7-8-17(22)25)5-6-15(13)29-10-12-3-1-2-4-14(12)23(27)28/h1-2,5-6,8-9,12,22H,3-4,7,10-11,13H2;1-6,9,18H,7-8,10H2. The molecule has 2 heterocycles. The molecule has 0 saturated carbocycles. The van der Waals surface area contributed by atoms with Crippen LogP contribution in [0.25, 0.3) is 0 Å². The second-order valence-corrected chi connectivity index (χ2v) is 13.4. The third-order valence-electron chi connectivity index (χ3n) is 9.16. The van der Waals surface area contributed by atoms with E-state index in [1.165, 1.54) is 48.5 Å². The maximum absolute atomic E-state index is 13.6. The smallest absolute Gasteiger partial charge is 0.363 e. The summed E-state index contributed by atoms with van der Waals surface area (Å²) in [7, 11) is 0. The Hall–Kier alpha value is -7.78. The zero-order valence-corrected chi connectivity index (χ0v) is 32.6. The van der Waals surface area contributed by atoms with Gasteiger partial charge in [-0.25, -0.2) is 27.2 Å². The number of para-hydroxylation sites is 2. The highest BCUT2D eigenvalue weighted by atomic mass is 19.3. The van der Waals surface area contributed by atoms with Crippen molar-refractivity contribution in [1.82, 2.24) is 10.1 Å². The predicted molar refractivity (Wildman–Crippen MR) is 204 cm³/mol. The van der Waals surface area contributed by atoms with Crippen molar-refractivity contribution in [2.45, 2.75) is 71.0 Å². The van der Waals surface area contributed by atoms with Gasteiger partial charge in [0.05, 0.1) is 37.7 Å². The number of nitro groups is 2. The Labute approximate surface area is 353 Å². The van der Waals surface area contributed by atoms with E-state index in [-0.39, 0.29) is 103 Å². The Morgan fingerprint density at radius 1 is 0.619 bits per heavy atom. The molecule has 0 radical (unpaired) electrons. The van der Waals surface area contributed by atoms with Crippen LogP contribution in [0.2, 0.25) is 0 Å². The molecule has 4 aromatic rings. The molecule has 2 saturated heterocycles. The molecule has 6 rings (SSSR count). The van der Waals surface area contributed by atoms with Crippen LogP contribution in [-0.4, -0.2) is 55.5 Å². The lowest BCUT2D eigenvalue weighted by molar-refractivity contribution is -0.386. The Bertz CT molecular complexity index is 2400. The number of ether oxygens (including phenoxy) is 2. The van der Waals surface area contributed by atoms with Gasteiger partial charge < -0.3 is 19.1 Å². The van der Waals surface area contributed by atoms with Crippen molar-refractivity contribution in [3.05, 3.63) is 139 Å². The first-order valence-corrected chi connectivity index (χ1v) is 18.7. The highest BCUT2D eigenvalue weighted by Gasteiger charge is 2.34. The zero-order valence-electron chi connectivity index (χ0n) is 32.6. The van der Waals surface area contributed by atoms with Crippen molar-refractivity contribution in [2.75, 3.05) is 0 Å². The van der Waals surface area contributed by atoms with E-state index in [4.69, 9.17) is 19.1 Å². The topological polar surface area (TPSA) is 232 Å². The molecule has 0 bridgehead atoms. The summed E-state index contributed by atoms with van der Waals surface area (Å²) in [5.74, 6) is -4.87. The quantitative estimate of drug-likeness (QED) is 0.0436. The fraction of sp³-hybridized carbons (Fsp3) is 0.268. The van der Waals surface area contributed by atoms with E-state index in [0.29, 0.717) is 15.7 Å². The second kappa shape index (κ2) is 21.1. The van der Waals surface area contributed by atoms with E-state index in [1.807, 2.05) is 0 Å². The first-order valence-electron chi connectivity index (χ1n) is 18.7. The van der Waals surface area contributed by atoms with Gasteiger partial charge in [0, 0.05) is 44.2 Å². The van der Waals surface area contributed by atoms with Crippen molar-refractivity contribution in [3.63, 3.8) is 0 Å². The van der Waals surface area contributed by atoms with Gasteiger partial charge in [0.25, 0.3) is 47.9 Å². The molecule has 63 heavy (non-hydrogen) atoms. The van der Waals surface area contributed by atoms with E-state index in [0.717, 1.165) is 18.2 Å². The Morgan fingerprint density at radius 3 is 1.54 bits per heavy atom. The van der Waals surface area contributed by atoms with Crippen LogP contribution in [-0.2, 0) is 53.3 Å². The SMILES string of the molecule is O=C(CCCc1ccc(OCc2ccccc2[N+](=O)[O-])c(C(F)F)c1)ON1C(=O)CCC1=O.O=C(ON1C(=O)CCC1=O)c1ccc(OCc2ccccc2[N+](=O)[O-])c(C(F)F)c1. The third-order valence-corrected chi connectivity index (χ3v) is 9.16. The minimum Gasteiger partial charge on any atom is -0.488 e. The number of hydrogen-bond acceptors (Lipinski definition) is 14. The molecule has 0 atom stereocenters. The third kappa shape index (κ3) is 12.2. The van der Waals surface area contributed by atoms with Gasteiger partial charge in [0.1, 0.15) is 24.7 Å². The molecule has 0 N–H and O–H groups in total. The monoisotopic (exact) mass is 882 g/mol. The summed E-state index contributed by atoms with van der Waals surface area (Å²) in [4.78, 5) is 100. The van der Waals surface area contributed by atoms with Crippen LogP contribution in [0.5, 0.6) is 11.5 Å². The van der Waals surface area contributed by atoms with Gasteiger partial charge in [-0.15, -0.1) is 10.1 Å². The molecule has 0 aromatic heterocycles. The fourth-order valence-corrected chi connectivity index (χ4v) is 6.00. The number of alkyl halides is 4. The van der Waals surface area contributed by atoms with E-state index < -0.39 is 63.8 Å². The molecule has 0 spiro atoms. The molecule has 330 valence electrons. The first-order chi connectivity index (χ1) is 30.0. The molecule has 4 aromatic carbocycles. The van der Waals surface area contributed by atoms with Gasteiger partial charge in [0.2, 0.25) is 0 Å². The van der Waals surface area contributed by atoms with Crippen LogP contribution in [0.15, 0.2) is 84.9 Å². The largest absolute Gasteiger partial charge is 0.488 e. The molecule has 0 unspecified atom stereocenters. The number of halogens is 4. The molecular weight excluding hydrogens is 848 g/mol. The molecule has 2 aliphatic heterocycles. The maximum atomic E-state index is 13.6. The van der Waals surface area contributed by atoms with E-state index in [2.05, 4.69) is 0 Å². The number of nitro benzene ring substituents is 2. The number of aryl methyl sites for hydroxylation is 1. The molecular formula is C41H34F4N4O14. The maximum Gasteiger partial charge on any atom is 0.363 e. The zero-order chi connectivity index (χ0) is 45.8. The lowest BCUT2D eigenvalue weighted by atomic mass is 10.0. The first kappa shape index (κ1) is 46.3. The van der Waals surface area contributed by atoms with Gasteiger partial charge in [-0.05, 0) is 60.9 Å². The average Bonchev–Trinajstić information content (AvgIpc) is 3.75. The molecule has 22 heteroatoms. The van der Waals surface area contributed by atoms with Crippen LogP contribution < -0.4 is 9.47 Å². The van der Waals surface area contributed by atoms with E-state index in [9.17, 15) is 66.6 Å². The fourth-order valence-electron chi connectivity index (χ4n) is 6.00. The van der Waals surface area contributed by atoms with Crippen LogP contribution >= 0.6 is 0 Å².